The van der Waals surface area contributed by atoms with Crippen LogP contribution in [-0.2, 0) is 6.42 Å². The van der Waals surface area contributed by atoms with Crippen LogP contribution in [0.3, 0.4) is 0 Å². The first-order valence-electron chi connectivity index (χ1n) is 10.1. The topological polar surface area (TPSA) is 20.2 Å². The van der Waals surface area contributed by atoms with Gasteiger partial charge in [0.1, 0.15) is 5.75 Å². The van der Waals surface area contributed by atoms with Gasteiger partial charge in [-0.3, -0.25) is 0 Å². The molecule has 0 unspecified atom stereocenters. The highest BCUT2D eigenvalue weighted by atomic mass is 16.3. The lowest BCUT2D eigenvalue weighted by Gasteiger charge is -2.37. The average molecular weight is 327 g/mol. The summed E-state index contributed by atoms with van der Waals surface area (Å²) in [7, 11) is 0. The molecule has 1 N–H and O–H groups in total. The zero-order chi connectivity index (χ0) is 16.8. The van der Waals surface area contributed by atoms with Crippen molar-refractivity contribution in [2.75, 3.05) is 0 Å². The molecule has 0 radical (unpaired) electrons. The van der Waals surface area contributed by atoms with Gasteiger partial charge in [-0.25, -0.2) is 0 Å². The second kappa shape index (κ2) is 8.74. The van der Waals surface area contributed by atoms with Crippen LogP contribution in [0.5, 0.6) is 5.75 Å². The fourth-order valence-corrected chi connectivity index (χ4v) is 5.11. The highest BCUT2D eigenvalue weighted by Crippen LogP contribution is 2.42. The molecule has 0 aromatic heterocycles. The van der Waals surface area contributed by atoms with Crippen LogP contribution in [0, 0.1) is 23.7 Å². The minimum atomic E-state index is 0.377. The van der Waals surface area contributed by atoms with Crippen LogP contribution in [-0.4, -0.2) is 5.11 Å². The van der Waals surface area contributed by atoms with Crippen LogP contribution >= 0.6 is 0 Å². The van der Waals surface area contributed by atoms with Gasteiger partial charge in [0.25, 0.3) is 0 Å². The third kappa shape index (κ3) is 4.88. The number of allylic oxidation sites excluding steroid dienone is 1. The molecule has 2 aliphatic carbocycles. The van der Waals surface area contributed by atoms with Crippen molar-refractivity contribution in [3.63, 3.8) is 0 Å². The van der Waals surface area contributed by atoms with E-state index in [1.165, 1.54) is 76.2 Å². The molecule has 1 nitrogen and oxygen atoms in total. The molecule has 0 saturated heterocycles. The summed E-state index contributed by atoms with van der Waals surface area (Å²) < 4.78 is 0. The summed E-state index contributed by atoms with van der Waals surface area (Å²) in [5, 5.41) is 9.37. The maximum atomic E-state index is 9.37. The predicted octanol–water partition coefficient (Wildman–Crippen LogP) is 6.51. The van der Waals surface area contributed by atoms with Crippen molar-refractivity contribution >= 4 is 0 Å². The normalized spacial score (nSPS) is 30.8. The fourth-order valence-electron chi connectivity index (χ4n) is 5.11. The van der Waals surface area contributed by atoms with E-state index in [1.54, 1.807) is 0 Å². The van der Waals surface area contributed by atoms with Gasteiger partial charge >= 0.3 is 0 Å². The van der Waals surface area contributed by atoms with Crippen molar-refractivity contribution in [2.45, 2.75) is 70.6 Å². The Hall–Kier alpha value is -1.24. The molecule has 3 rings (SSSR count). The number of rotatable bonds is 6. The van der Waals surface area contributed by atoms with Gasteiger partial charge in [-0.15, -0.1) is 6.58 Å². The Bertz CT molecular complexity index is 487. The second-order valence-corrected chi connectivity index (χ2v) is 8.29. The SMILES string of the molecule is C=CCC1CCC(C2CCC(CCc3ccc(O)cc3)CC2)CC1. The third-order valence-electron chi connectivity index (χ3n) is 6.73. The number of hydrogen-bond acceptors (Lipinski definition) is 1. The highest BCUT2D eigenvalue weighted by Gasteiger charge is 2.30. The monoisotopic (exact) mass is 326 g/mol. The van der Waals surface area contributed by atoms with Crippen molar-refractivity contribution in [1.29, 1.82) is 0 Å². The Morgan fingerprint density at radius 2 is 1.38 bits per heavy atom. The molecular formula is C23H34O. The molecule has 1 heteroatoms. The predicted molar refractivity (Wildman–Crippen MR) is 102 cm³/mol. The first kappa shape index (κ1) is 17.6. The summed E-state index contributed by atoms with van der Waals surface area (Å²) in [6.45, 7) is 3.90. The molecule has 2 saturated carbocycles. The molecule has 2 aliphatic rings. The number of aryl methyl sites for hydroxylation is 1. The van der Waals surface area contributed by atoms with Crippen molar-refractivity contribution in [2.24, 2.45) is 23.7 Å². The van der Waals surface area contributed by atoms with Crippen LogP contribution in [0.2, 0.25) is 0 Å². The Labute approximate surface area is 148 Å². The minimum absolute atomic E-state index is 0.377. The molecule has 0 spiro atoms. The quantitative estimate of drug-likeness (QED) is 0.590. The molecule has 1 aromatic rings. The van der Waals surface area contributed by atoms with Gasteiger partial charge in [-0.05, 0) is 99.2 Å². The van der Waals surface area contributed by atoms with Gasteiger partial charge in [-0.2, -0.15) is 0 Å². The molecule has 24 heavy (non-hydrogen) atoms. The van der Waals surface area contributed by atoms with E-state index in [-0.39, 0.29) is 0 Å². The van der Waals surface area contributed by atoms with Gasteiger partial charge in [0.2, 0.25) is 0 Å². The van der Waals surface area contributed by atoms with E-state index >= 15 is 0 Å². The summed E-state index contributed by atoms with van der Waals surface area (Å²) in [5.74, 6) is 4.26. The van der Waals surface area contributed by atoms with E-state index in [0.29, 0.717) is 5.75 Å². The summed E-state index contributed by atoms with van der Waals surface area (Å²) in [5.41, 5.74) is 1.37. The zero-order valence-corrected chi connectivity index (χ0v) is 15.1. The van der Waals surface area contributed by atoms with E-state index in [2.05, 4.69) is 24.8 Å². The zero-order valence-electron chi connectivity index (χ0n) is 15.1. The van der Waals surface area contributed by atoms with Crippen LogP contribution in [0.15, 0.2) is 36.9 Å². The van der Waals surface area contributed by atoms with Crippen LogP contribution in [0.1, 0.15) is 69.8 Å². The molecule has 0 bridgehead atoms. The van der Waals surface area contributed by atoms with Gasteiger partial charge < -0.3 is 5.11 Å². The van der Waals surface area contributed by atoms with Crippen molar-refractivity contribution < 1.29 is 5.11 Å². The lowest BCUT2D eigenvalue weighted by molar-refractivity contribution is 0.144. The second-order valence-electron chi connectivity index (χ2n) is 8.29. The smallest absolute Gasteiger partial charge is 0.115 e. The number of aromatic hydroxyl groups is 1. The maximum absolute atomic E-state index is 9.37. The fraction of sp³-hybridized carbons (Fsp3) is 0.652. The highest BCUT2D eigenvalue weighted by molar-refractivity contribution is 5.25. The lowest BCUT2D eigenvalue weighted by Crippen LogP contribution is -2.25. The van der Waals surface area contributed by atoms with Crippen molar-refractivity contribution in [3.8, 4) is 5.75 Å². The van der Waals surface area contributed by atoms with E-state index in [4.69, 9.17) is 0 Å². The molecule has 0 heterocycles. The standard InChI is InChI=1S/C23H34O/c1-2-3-18-6-12-21(13-7-18)22-14-8-19(9-15-22)4-5-20-10-16-23(24)17-11-20/h2,10-11,16-19,21-22,24H,1,3-9,12-15H2. The number of hydrogen-bond donors (Lipinski definition) is 1. The summed E-state index contributed by atoms with van der Waals surface area (Å²) >= 11 is 0. The largest absolute Gasteiger partial charge is 0.508 e. The molecule has 1 aromatic carbocycles. The van der Waals surface area contributed by atoms with E-state index in [9.17, 15) is 5.11 Å². The molecular weight excluding hydrogens is 292 g/mol. The van der Waals surface area contributed by atoms with E-state index in [0.717, 1.165) is 23.7 Å². The average Bonchev–Trinajstić information content (AvgIpc) is 2.63. The van der Waals surface area contributed by atoms with Gasteiger partial charge in [0, 0.05) is 0 Å². The van der Waals surface area contributed by atoms with Gasteiger partial charge in [0.15, 0.2) is 0 Å². The number of phenols is 1. The third-order valence-corrected chi connectivity index (χ3v) is 6.73. The Morgan fingerprint density at radius 1 is 0.833 bits per heavy atom. The Morgan fingerprint density at radius 3 is 1.92 bits per heavy atom. The minimum Gasteiger partial charge on any atom is -0.508 e. The summed E-state index contributed by atoms with van der Waals surface area (Å²) in [4.78, 5) is 0. The first-order chi connectivity index (χ1) is 11.7. The molecule has 132 valence electrons. The Kier molecular flexibility index (Phi) is 6.40. The first-order valence-corrected chi connectivity index (χ1v) is 10.1. The van der Waals surface area contributed by atoms with Gasteiger partial charge in [-0.1, -0.05) is 31.1 Å². The summed E-state index contributed by atoms with van der Waals surface area (Å²) in [6.07, 6.45) is 17.5. The molecule has 2 fully saturated rings. The van der Waals surface area contributed by atoms with E-state index < -0.39 is 0 Å². The van der Waals surface area contributed by atoms with Crippen LogP contribution < -0.4 is 0 Å². The summed E-state index contributed by atoms with van der Waals surface area (Å²) in [6, 6.07) is 7.77. The van der Waals surface area contributed by atoms with Crippen LogP contribution in [0.25, 0.3) is 0 Å². The number of phenolic OH excluding ortho intramolecular Hbond substituents is 1. The molecule has 0 amide bonds. The Balaban J connectivity index is 1.37. The van der Waals surface area contributed by atoms with Crippen molar-refractivity contribution in [1.82, 2.24) is 0 Å². The van der Waals surface area contributed by atoms with Crippen LogP contribution in [0.4, 0.5) is 0 Å². The maximum Gasteiger partial charge on any atom is 0.115 e. The number of benzene rings is 1. The molecule has 0 aliphatic heterocycles. The molecule has 0 atom stereocenters. The van der Waals surface area contributed by atoms with E-state index in [1.807, 2.05) is 12.1 Å². The van der Waals surface area contributed by atoms with Crippen molar-refractivity contribution in [3.05, 3.63) is 42.5 Å². The lowest BCUT2D eigenvalue weighted by atomic mass is 9.68. The van der Waals surface area contributed by atoms with Gasteiger partial charge in [0.05, 0.1) is 0 Å².